The van der Waals surface area contributed by atoms with Crippen molar-refractivity contribution in [2.75, 3.05) is 0 Å². The van der Waals surface area contributed by atoms with Crippen molar-refractivity contribution in [2.45, 2.75) is 18.9 Å². The third-order valence-corrected chi connectivity index (χ3v) is 4.25. The van der Waals surface area contributed by atoms with Crippen LogP contribution in [0.1, 0.15) is 23.7 Å². The number of benzene rings is 3. The van der Waals surface area contributed by atoms with Crippen molar-refractivity contribution in [1.29, 1.82) is 0 Å². The van der Waals surface area contributed by atoms with E-state index < -0.39 is 6.10 Å². The molecule has 2 heteroatoms. The van der Waals surface area contributed by atoms with E-state index in [2.05, 4.69) is 52.3 Å². The second-order valence-corrected chi connectivity index (χ2v) is 6.21. The normalized spacial score (nSPS) is 12.5. The highest BCUT2D eigenvalue weighted by Crippen LogP contribution is 2.25. The lowest BCUT2D eigenvalue weighted by Crippen LogP contribution is -1.99. The topological polar surface area (TPSA) is 20.2 Å². The van der Waals surface area contributed by atoms with E-state index in [-0.39, 0.29) is 0 Å². The van der Waals surface area contributed by atoms with Gasteiger partial charge in [-0.1, -0.05) is 64.5 Å². The van der Waals surface area contributed by atoms with Crippen LogP contribution in [0.4, 0.5) is 0 Å². The summed E-state index contributed by atoms with van der Waals surface area (Å²) in [6.45, 7) is 0. The van der Waals surface area contributed by atoms with Gasteiger partial charge in [-0.2, -0.15) is 0 Å². The van der Waals surface area contributed by atoms with Crippen molar-refractivity contribution in [3.05, 3.63) is 82.3 Å². The molecule has 0 heterocycles. The van der Waals surface area contributed by atoms with Crippen molar-refractivity contribution in [3.63, 3.8) is 0 Å². The van der Waals surface area contributed by atoms with Crippen LogP contribution in [-0.2, 0) is 6.42 Å². The zero-order chi connectivity index (χ0) is 14.7. The number of aryl methyl sites for hydroxylation is 1. The SMILES string of the molecule is OC(CCc1ccccc1)c1ccc2cc(Br)ccc2c1. The summed E-state index contributed by atoms with van der Waals surface area (Å²) < 4.78 is 1.08. The Kier molecular flexibility index (Phi) is 4.37. The van der Waals surface area contributed by atoms with Crippen LogP contribution in [0.3, 0.4) is 0 Å². The first kappa shape index (κ1) is 14.3. The predicted octanol–water partition coefficient (Wildman–Crippen LogP) is 5.27. The summed E-state index contributed by atoms with van der Waals surface area (Å²) >= 11 is 3.48. The number of halogens is 1. The van der Waals surface area contributed by atoms with Gasteiger partial charge in [-0.15, -0.1) is 0 Å². The minimum absolute atomic E-state index is 0.418. The Hall–Kier alpha value is -1.64. The molecule has 3 aromatic rings. The van der Waals surface area contributed by atoms with Crippen LogP contribution in [0.5, 0.6) is 0 Å². The first-order valence-electron chi connectivity index (χ1n) is 7.13. The summed E-state index contributed by atoms with van der Waals surface area (Å²) in [5.41, 5.74) is 2.25. The number of aliphatic hydroxyl groups is 1. The summed E-state index contributed by atoms with van der Waals surface area (Å²) in [6.07, 6.45) is 1.21. The smallest absolute Gasteiger partial charge is 0.0793 e. The second-order valence-electron chi connectivity index (χ2n) is 5.29. The molecule has 0 amide bonds. The zero-order valence-corrected chi connectivity index (χ0v) is 13.3. The molecule has 1 atom stereocenters. The maximum Gasteiger partial charge on any atom is 0.0793 e. The molecule has 0 aromatic heterocycles. The molecule has 0 bridgehead atoms. The Morgan fingerprint density at radius 1 is 0.857 bits per heavy atom. The molecule has 0 aliphatic carbocycles. The van der Waals surface area contributed by atoms with Crippen molar-refractivity contribution in [1.82, 2.24) is 0 Å². The van der Waals surface area contributed by atoms with Gasteiger partial charge in [0, 0.05) is 4.47 Å². The molecule has 0 saturated heterocycles. The highest BCUT2D eigenvalue weighted by molar-refractivity contribution is 9.10. The van der Waals surface area contributed by atoms with Crippen LogP contribution in [0.2, 0.25) is 0 Å². The van der Waals surface area contributed by atoms with Crippen molar-refractivity contribution in [2.24, 2.45) is 0 Å². The molecule has 1 N–H and O–H groups in total. The molecule has 0 saturated carbocycles. The van der Waals surface area contributed by atoms with Crippen LogP contribution in [-0.4, -0.2) is 5.11 Å². The lowest BCUT2D eigenvalue weighted by Gasteiger charge is -2.12. The van der Waals surface area contributed by atoms with Gasteiger partial charge in [-0.3, -0.25) is 0 Å². The molecule has 1 nitrogen and oxygen atoms in total. The summed E-state index contributed by atoms with van der Waals surface area (Å²) in [5, 5.41) is 12.7. The van der Waals surface area contributed by atoms with Gasteiger partial charge in [-0.05, 0) is 52.9 Å². The fraction of sp³-hybridized carbons (Fsp3) is 0.158. The Labute approximate surface area is 133 Å². The highest BCUT2D eigenvalue weighted by Gasteiger charge is 2.08. The average Bonchev–Trinajstić information content (AvgIpc) is 2.53. The zero-order valence-electron chi connectivity index (χ0n) is 11.7. The Morgan fingerprint density at radius 3 is 2.38 bits per heavy atom. The quantitative estimate of drug-likeness (QED) is 0.685. The van der Waals surface area contributed by atoms with Crippen LogP contribution >= 0.6 is 15.9 Å². The van der Waals surface area contributed by atoms with Gasteiger partial charge < -0.3 is 5.11 Å². The third-order valence-electron chi connectivity index (χ3n) is 3.76. The van der Waals surface area contributed by atoms with E-state index in [9.17, 15) is 5.11 Å². The van der Waals surface area contributed by atoms with E-state index in [0.29, 0.717) is 0 Å². The predicted molar refractivity (Wildman–Crippen MR) is 91.4 cm³/mol. The lowest BCUT2D eigenvalue weighted by atomic mass is 9.99. The minimum Gasteiger partial charge on any atom is -0.388 e. The van der Waals surface area contributed by atoms with Gasteiger partial charge in [-0.25, -0.2) is 0 Å². The standard InChI is InChI=1S/C19H17BrO/c20-18-10-9-15-12-17(8-7-16(15)13-18)19(21)11-6-14-4-2-1-3-5-14/h1-5,7-10,12-13,19,21H,6,11H2. The Balaban J connectivity index is 1.75. The molecule has 0 radical (unpaired) electrons. The first-order valence-corrected chi connectivity index (χ1v) is 7.93. The second kappa shape index (κ2) is 6.42. The van der Waals surface area contributed by atoms with E-state index in [1.165, 1.54) is 10.9 Å². The number of hydrogen-bond donors (Lipinski definition) is 1. The van der Waals surface area contributed by atoms with Crippen LogP contribution in [0.25, 0.3) is 10.8 Å². The number of fused-ring (bicyclic) bond motifs is 1. The van der Waals surface area contributed by atoms with Crippen LogP contribution in [0.15, 0.2) is 71.2 Å². The van der Waals surface area contributed by atoms with Crippen molar-refractivity contribution >= 4 is 26.7 Å². The van der Waals surface area contributed by atoms with E-state index in [0.717, 1.165) is 28.3 Å². The van der Waals surface area contributed by atoms with E-state index in [1.807, 2.05) is 30.3 Å². The fourth-order valence-electron chi connectivity index (χ4n) is 2.56. The van der Waals surface area contributed by atoms with Crippen LogP contribution in [0, 0.1) is 0 Å². The minimum atomic E-state index is -0.418. The fourth-order valence-corrected chi connectivity index (χ4v) is 2.94. The van der Waals surface area contributed by atoms with Gasteiger partial charge in [0.25, 0.3) is 0 Å². The molecule has 0 fully saturated rings. The summed E-state index contributed by atoms with van der Waals surface area (Å²) in [5.74, 6) is 0. The van der Waals surface area contributed by atoms with Gasteiger partial charge in [0.05, 0.1) is 6.10 Å². The molecular weight excluding hydrogens is 324 g/mol. The maximum atomic E-state index is 10.4. The largest absolute Gasteiger partial charge is 0.388 e. The van der Waals surface area contributed by atoms with Gasteiger partial charge >= 0.3 is 0 Å². The van der Waals surface area contributed by atoms with Crippen LogP contribution < -0.4 is 0 Å². The molecule has 3 aromatic carbocycles. The van der Waals surface area contributed by atoms with E-state index in [1.54, 1.807) is 0 Å². The molecule has 21 heavy (non-hydrogen) atoms. The number of aliphatic hydroxyl groups excluding tert-OH is 1. The van der Waals surface area contributed by atoms with Gasteiger partial charge in [0.2, 0.25) is 0 Å². The molecule has 0 spiro atoms. The van der Waals surface area contributed by atoms with E-state index in [4.69, 9.17) is 0 Å². The monoisotopic (exact) mass is 340 g/mol. The summed E-state index contributed by atoms with van der Waals surface area (Å²) in [4.78, 5) is 0. The summed E-state index contributed by atoms with van der Waals surface area (Å²) in [6, 6.07) is 22.7. The molecule has 106 valence electrons. The van der Waals surface area contributed by atoms with Gasteiger partial charge in [0.15, 0.2) is 0 Å². The molecule has 3 rings (SSSR count). The maximum absolute atomic E-state index is 10.4. The molecule has 0 aliphatic heterocycles. The van der Waals surface area contributed by atoms with Crippen molar-refractivity contribution < 1.29 is 5.11 Å². The lowest BCUT2D eigenvalue weighted by molar-refractivity contribution is 0.168. The number of rotatable bonds is 4. The summed E-state index contributed by atoms with van der Waals surface area (Å²) in [7, 11) is 0. The molecular formula is C19H17BrO. The van der Waals surface area contributed by atoms with Gasteiger partial charge in [0.1, 0.15) is 0 Å². The van der Waals surface area contributed by atoms with E-state index >= 15 is 0 Å². The molecule has 1 unspecified atom stereocenters. The first-order chi connectivity index (χ1) is 10.2. The highest BCUT2D eigenvalue weighted by atomic mass is 79.9. The number of hydrogen-bond acceptors (Lipinski definition) is 1. The Morgan fingerprint density at radius 2 is 1.57 bits per heavy atom. The average molecular weight is 341 g/mol. The molecule has 0 aliphatic rings. The van der Waals surface area contributed by atoms with Crippen molar-refractivity contribution in [3.8, 4) is 0 Å². The Bertz CT molecular complexity index is 737. The third kappa shape index (κ3) is 3.52.